The van der Waals surface area contributed by atoms with Crippen molar-refractivity contribution in [1.82, 2.24) is 5.32 Å². The van der Waals surface area contributed by atoms with E-state index in [-0.39, 0.29) is 11.8 Å². The Morgan fingerprint density at radius 2 is 2.15 bits per heavy atom. The first-order chi connectivity index (χ1) is 9.52. The van der Waals surface area contributed by atoms with Gasteiger partial charge in [-0.15, -0.1) is 0 Å². The van der Waals surface area contributed by atoms with Gasteiger partial charge < -0.3 is 15.4 Å². The van der Waals surface area contributed by atoms with Gasteiger partial charge in [0.25, 0.3) is 0 Å². The molecule has 2 rings (SSSR count). The minimum Gasteiger partial charge on any atom is -0.465 e. The standard InChI is InChI=1S/C14H17ClN2O3/c1-8(9-6-16-7-9)13(18)17-12-5-10(15)3-4-11(12)14(19)20-2/h3-5,8-9,16H,6-7H2,1-2H3,(H,17,18). The third-order valence-electron chi connectivity index (χ3n) is 3.58. The molecule has 1 heterocycles. The lowest BCUT2D eigenvalue weighted by atomic mass is 9.88. The average molecular weight is 297 g/mol. The van der Waals surface area contributed by atoms with Crippen LogP contribution in [0.3, 0.4) is 0 Å². The Kier molecular flexibility index (Phi) is 4.62. The van der Waals surface area contributed by atoms with Crippen LogP contribution in [0.1, 0.15) is 17.3 Å². The minimum atomic E-state index is -0.505. The normalized spacial score (nSPS) is 16.1. The van der Waals surface area contributed by atoms with Gasteiger partial charge in [-0.2, -0.15) is 0 Å². The van der Waals surface area contributed by atoms with Crippen molar-refractivity contribution in [2.45, 2.75) is 6.92 Å². The molecule has 1 aromatic carbocycles. The molecule has 1 aliphatic rings. The number of ether oxygens (including phenoxy) is 1. The van der Waals surface area contributed by atoms with E-state index in [0.29, 0.717) is 22.2 Å². The van der Waals surface area contributed by atoms with E-state index >= 15 is 0 Å². The fraction of sp³-hybridized carbons (Fsp3) is 0.429. The van der Waals surface area contributed by atoms with Gasteiger partial charge in [-0.05, 0) is 37.2 Å². The molecule has 1 unspecified atom stereocenters. The molecule has 0 aliphatic carbocycles. The highest BCUT2D eigenvalue weighted by Gasteiger charge is 2.29. The number of nitrogens with one attached hydrogen (secondary N) is 2. The highest BCUT2D eigenvalue weighted by Crippen LogP contribution is 2.24. The molecule has 0 aromatic heterocycles. The van der Waals surface area contributed by atoms with Gasteiger partial charge in [0, 0.05) is 10.9 Å². The molecule has 6 heteroatoms. The van der Waals surface area contributed by atoms with Crippen molar-refractivity contribution < 1.29 is 14.3 Å². The number of benzene rings is 1. The van der Waals surface area contributed by atoms with Crippen molar-refractivity contribution in [1.29, 1.82) is 0 Å². The molecule has 0 bridgehead atoms. The second-order valence-electron chi connectivity index (χ2n) is 4.88. The number of rotatable bonds is 4. The summed E-state index contributed by atoms with van der Waals surface area (Å²) in [6.07, 6.45) is 0. The lowest BCUT2D eigenvalue weighted by Crippen LogP contribution is -2.48. The second-order valence-corrected chi connectivity index (χ2v) is 5.31. The fourth-order valence-corrected chi connectivity index (χ4v) is 2.21. The Bertz CT molecular complexity index is 529. The number of hydrogen-bond donors (Lipinski definition) is 2. The van der Waals surface area contributed by atoms with Gasteiger partial charge in [0.1, 0.15) is 0 Å². The van der Waals surface area contributed by atoms with Crippen molar-refractivity contribution in [2.24, 2.45) is 11.8 Å². The molecule has 108 valence electrons. The summed E-state index contributed by atoms with van der Waals surface area (Å²) >= 11 is 5.92. The fourth-order valence-electron chi connectivity index (χ4n) is 2.03. The lowest BCUT2D eigenvalue weighted by Gasteiger charge is -2.31. The van der Waals surface area contributed by atoms with Crippen LogP contribution in [-0.4, -0.2) is 32.1 Å². The number of esters is 1. The molecule has 2 N–H and O–H groups in total. The first kappa shape index (κ1) is 14.8. The van der Waals surface area contributed by atoms with Crippen LogP contribution in [0.4, 0.5) is 5.69 Å². The highest BCUT2D eigenvalue weighted by atomic mass is 35.5. The van der Waals surface area contributed by atoms with Gasteiger partial charge in [0.05, 0.1) is 18.4 Å². The van der Waals surface area contributed by atoms with Gasteiger partial charge >= 0.3 is 5.97 Å². The van der Waals surface area contributed by atoms with E-state index in [1.54, 1.807) is 18.2 Å². The first-order valence-corrected chi connectivity index (χ1v) is 6.80. The molecule has 1 fully saturated rings. The van der Waals surface area contributed by atoms with E-state index in [4.69, 9.17) is 16.3 Å². The van der Waals surface area contributed by atoms with Gasteiger partial charge in [-0.25, -0.2) is 4.79 Å². The Morgan fingerprint density at radius 1 is 1.45 bits per heavy atom. The smallest absolute Gasteiger partial charge is 0.339 e. The maximum Gasteiger partial charge on any atom is 0.339 e. The third kappa shape index (κ3) is 3.11. The molecule has 0 spiro atoms. The molecular formula is C14H17ClN2O3. The number of halogens is 1. The lowest BCUT2D eigenvalue weighted by molar-refractivity contribution is -0.121. The monoisotopic (exact) mass is 296 g/mol. The number of methoxy groups -OCH3 is 1. The summed E-state index contributed by atoms with van der Waals surface area (Å²) < 4.78 is 4.70. The maximum atomic E-state index is 12.2. The van der Waals surface area contributed by atoms with Gasteiger partial charge in [0.15, 0.2) is 0 Å². The average Bonchev–Trinajstić information content (AvgIpc) is 2.36. The number of carbonyl (C=O) groups excluding carboxylic acids is 2. The first-order valence-electron chi connectivity index (χ1n) is 6.42. The van der Waals surface area contributed by atoms with Crippen molar-refractivity contribution >= 4 is 29.2 Å². The molecule has 5 nitrogen and oxygen atoms in total. The van der Waals surface area contributed by atoms with Crippen LogP contribution in [0.2, 0.25) is 5.02 Å². The van der Waals surface area contributed by atoms with E-state index in [1.807, 2.05) is 6.92 Å². The van der Waals surface area contributed by atoms with Crippen LogP contribution in [-0.2, 0) is 9.53 Å². The van der Waals surface area contributed by atoms with Crippen molar-refractivity contribution in [2.75, 3.05) is 25.5 Å². The van der Waals surface area contributed by atoms with E-state index < -0.39 is 5.97 Å². The minimum absolute atomic E-state index is 0.121. The zero-order valence-corrected chi connectivity index (χ0v) is 12.2. The van der Waals surface area contributed by atoms with E-state index in [9.17, 15) is 9.59 Å². The summed E-state index contributed by atoms with van der Waals surface area (Å²) in [6.45, 7) is 3.56. The number of amides is 1. The largest absolute Gasteiger partial charge is 0.465 e. The van der Waals surface area contributed by atoms with Crippen LogP contribution < -0.4 is 10.6 Å². The van der Waals surface area contributed by atoms with Crippen molar-refractivity contribution in [3.8, 4) is 0 Å². The van der Waals surface area contributed by atoms with Crippen LogP contribution >= 0.6 is 11.6 Å². The van der Waals surface area contributed by atoms with E-state index in [0.717, 1.165) is 13.1 Å². The van der Waals surface area contributed by atoms with Gasteiger partial charge in [0.2, 0.25) is 5.91 Å². The highest BCUT2D eigenvalue weighted by molar-refractivity contribution is 6.31. The molecule has 20 heavy (non-hydrogen) atoms. The predicted octanol–water partition coefficient (Wildman–Crippen LogP) is 1.92. The molecule has 1 aliphatic heterocycles. The van der Waals surface area contributed by atoms with Crippen LogP contribution in [0.15, 0.2) is 18.2 Å². The summed E-state index contributed by atoms with van der Waals surface area (Å²) in [7, 11) is 1.30. The van der Waals surface area contributed by atoms with Crippen LogP contribution in [0, 0.1) is 11.8 Å². The van der Waals surface area contributed by atoms with Gasteiger partial charge in [-0.3, -0.25) is 4.79 Å². The zero-order valence-electron chi connectivity index (χ0n) is 11.4. The summed E-state index contributed by atoms with van der Waals surface area (Å²) in [5, 5.41) is 6.35. The Morgan fingerprint density at radius 3 is 2.70 bits per heavy atom. The summed E-state index contributed by atoms with van der Waals surface area (Å²) in [5.74, 6) is -0.421. The topological polar surface area (TPSA) is 67.4 Å². The van der Waals surface area contributed by atoms with Crippen LogP contribution in [0.25, 0.3) is 0 Å². The molecule has 1 saturated heterocycles. The van der Waals surface area contributed by atoms with Crippen LogP contribution in [0.5, 0.6) is 0 Å². The molecule has 1 atom stereocenters. The molecular weight excluding hydrogens is 280 g/mol. The third-order valence-corrected chi connectivity index (χ3v) is 3.81. The second kappa shape index (κ2) is 6.24. The summed E-state index contributed by atoms with van der Waals surface area (Å²) in [6, 6.07) is 4.68. The van der Waals surface area contributed by atoms with E-state index in [2.05, 4.69) is 10.6 Å². The maximum absolute atomic E-state index is 12.2. The molecule has 0 saturated carbocycles. The number of anilines is 1. The molecule has 1 aromatic rings. The Balaban J connectivity index is 2.16. The molecule has 0 radical (unpaired) electrons. The summed E-state index contributed by atoms with van der Waals surface area (Å²) in [4.78, 5) is 23.9. The number of hydrogen-bond acceptors (Lipinski definition) is 4. The predicted molar refractivity (Wildman–Crippen MR) is 76.9 cm³/mol. The summed E-state index contributed by atoms with van der Waals surface area (Å²) in [5.41, 5.74) is 0.678. The Hall–Kier alpha value is -1.59. The number of carbonyl (C=O) groups is 2. The SMILES string of the molecule is COC(=O)c1ccc(Cl)cc1NC(=O)C(C)C1CNC1. The van der Waals surface area contributed by atoms with Gasteiger partial charge in [-0.1, -0.05) is 18.5 Å². The zero-order chi connectivity index (χ0) is 14.7. The quantitative estimate of drug-likeness (QED) is 0.833. The van der Waals surface area contributed by atoms with E-state index in [1.165, 1.54) is 7.11 Å². The van der Waals surface area contributed by atoms with Crippen molar-refractivity contribution in [3.05, 3.63) is 28.8 Å². The van der Waals surface area contributed by atoms with Crippen molar-refractivity contribution in [3.63, 3.8) is 0 Å². The molecule has 1 amide bonds. The Labute approximate surface area is 122 Å².